The first-order valence-electron chi connectivity index (χ1n) is 4.11. The standard InChI is InChI=1S/C8H13N3/c1-9-6-3-2-4-7-8(6)11-5-10-7/h5-6,9H,2-4H2,1H3,(H,10,11). The minimum atomic E-state index is 0.477. The highest BCUT2D eigenvalue weighted by Crippen LogP contribution is 2.25. The van der Waals surface area contributed by atoms with Crippen LogP contribution >= 0.6 is 0 Å². The highest BCUT2D eigenvalue weighted by molar-refractivity contribution is 5.18. The largest absolute Gasteiger partial charge is 0.348 e. The highest BCUT2D eigenvalue weighted by atomic mass is 15.0. The fourth-order valence-electron chi connectivity index (χ4n) is 1.73. The lowest BCUT2D eigenvalue weighted by molar-refractivity contribution is 0.484. The number of fused-ring (bicyclic) bond motifs is 1. The summed E-state index contributed by atoms with van der Waals surface area (Å²) < 4.78 is 0. The van der Waals surface area contributed by atoms with Crippen LogP contribution in [0.2, 0.25) is 0 Å². The molecule has 60 valence electrons. The molecule has 2 N–H and O–H groups in total. The van der Waals surface area contributed by atoms with Crippen LogP contribution in [-0.4, -0.2) is 17.0 Å². The number of hydrogen-bond acceptors (Lipinski definition) is 2. The number of nitrogens with one attached hydrogen (secondary N) is 2. The first kappa shape index (κ1) is 6.85. The van der Waals surface area contributed by atoms with Crippen LogP contribution in [0.25, 0.3) is 0 Å². The van der Waals surface area contributed by atoms with Gasteiger partial charge in [0.25, 0.3) is 0 Å². The third kappa shape index (κ3) is 1.05. The highest BCUT2D eigenvalue weighted by Gasteiger charge is 2.20. The molecule has 2 rings (SSSR count). The van der Waals surface area contributed by atoms with Crippen molar-refractivity contribution in [3.8, 4) is 0 Å². The first-order valence-corrected chi connectivity index (χ1v) is 4.11. The monoisotopic (exact) mass is 151 g/mol. The van der Waals surface area contributed by atoms with Crippen molar-refractivity contribution >= 4 is 0 Å². The topological polar surface area (TPSA) is 40.7 Å². The van der Waals surface area contributed by atoms with E-state index in [9.17, 15) is 0 Å². The molecule has 1 atom stereocenters. The maximum Gasteiger partial charge on any atom is 0.0925 e. The summed E-state index contributed by atoms with van der Waals surface area (Å²) in [5.41, 5.74) is 2.54. The fourth-order valence-corrected chi connectivity index (χ4v) is 1.73. The lowest BCUT2D eigenvalue weighted by Gasteiger charge is -2.19. The van der Waals surface area contributed by atoms with Crippen molar-refractivity contribution in [2.45, 2.75) is 25.3 Å². The van der Waals surface area contributed by atoms with E-state index in [4.69, 9.17) is 0 Å². The van der Waals surface area contributed by atoms with Gasteiger partial charge in [0.05, 0.1) is 18.1 Å². The smallest absolute Gasteiger partial charge is 0.0925 e. The van der Waals surface area contributed by atoms with E-state index in [2.05, 4.69) is 15.3 Å². The average Bonchev–Trinajstić information content (AvgIpc) is 2.50. The van der Waals surface area contributed by atoms with E-state index in [1.807, 2.05) is 7.05 Å². The lowest BCUT2D eigenvalue weighted by atomic mass is 9.96. The molecular formula is C8H13N3. The summed E-state index contributed by atoms with van der Waals surface area (Å²) in [5, 5.41) is 3.26. The second-order valence-electron chi connectivity index (χ2n) is 3.00. The maximum absolute atomic E-state index is 4.29. The van der Waals surface area contributed by atoms with Gasteiger partial charge in [-0.1, -0.05) is 0 Å². The summed E-state index contributed by atoms with van der Waals surface area (Å²) in [4.78, 5) is 7.46. The molecule has 0 fully saturated rings. The normalized spacial score (nSPS) is 23.2. The van der Waals surface area contributed by atoms with Gasteiger partial charge >= 0.3 is 0 Å². The van der Waals surface area contributed by atoms with Crippen LogP contribution in [0.3, 0.4) is 0 Å². The van der Waals surface area contributed by atoms with E-state index in [1.165, 1.54) is 24.2 Å². The van der Waals surface area contributed by atoms with Crippen molar-refractivity contribution in [3.05, 3.63) is 17.7 Å². The van der Waals surface area contributed by atoms with Crippen LogP contribution in [0.5, 0.6) is 0 Å². The molecule has 0 amide bonds. The minimum absolute atomic E-state index is 0.477. The summed E-state index contributed by atoms with van der Waals surface area (Å²) in [6.45, 7) is 0. The van der Waals surface area contributed by atoms with Gasteiger partial charge in [0.2, 0.25) is 0 Å². The van der Waals surface area contributed by atoms with Gasteiger partial charge in [-0.25, -0.2) is 4.98 Å². The summed E-state index contributed by atoms with van der Waals surface area (Å²) >= 11 is 0. The number of imidazole rings is 1. The van der Waals surface area contributed by atoms with E-state index in [0.717, 1.165) is 6.42 Å². The molecule has 0 bridgehead atoms. The number of H-pyrrole nitrogens is 1. The molecule has 1 aromatic heterocycles. The molecule has 0 aromatic carbocycles. The SMILES string of the molecule is CNC1CCCc2[nH]cnc21. The molecule has 0 saturated carbocycles. The van der Waals surface area contributed by atoms with E-state index >= 15 is 0 Å². The molecule has 1 aromatic rings. The Kier molecular flexibility index (Phi) is 1.66. The first-order chi connectivity index (χ1) is 5.42. The quantitative estimate of drug-likeness (QED) is 0.628. The summed E-state index contributed by atoms with van der Waals surface area (Å²) in [6, 6.07) is 0.477. The van der Waals surface area contributed by atoms with E-state index in [1.54, 1.807) is 6.33 Å². The maximum atomic E-state index is 4.29. The van der Waals surface area contributed by atoms with Crippen LogP contribution in [0.4, 0.5) is 0 Å². The van der Waals surface area contributed by atoms with Crippen molar-refractivity contribution < 1.29 is 0 Å². The van der Waals surface area contributed by atoms with Gasteiger partial charge in [0.15, 0.2) is 0 Å². The Bertz CT molecular complexity index is 241. The molecular weight excluding hydrogens is 138 g/mol. The van der Waals surface area contributed by atoms with Crippen molar-refractivity contribution in [1.82, 2.24) is 15.3 Å². The minimum Gasteiger partial charge on any atom is -0.348 e. The second-order valence-corrected chi connectivity index (χ2v) is 3.00. The predicted octanol–water partition coefficient (Wildman–Crippen LogP) is 1.01. The predicted molar refractivity (Wildman–Crippen MR) is 43.3 cm³/mol. The molecule has 0 radical (unpaired) electrons. The van der Waals surface area contributed by atoms with Crippen LogP contribution in [-0.2, 0) is 6.42 Å². The van der Waals surface area contributed by atoms with Crippen molar-refractivity contribution in [1.29, 1.82) is 0 Å². The number of aryl methyl sites for hydroxylation is 1. The third-order valence-electron chi connectivity index (χ3n) is 2.35. The summed E-state index contributed by atoms with van der Waals surface area (Å²) in [7, 11) is 1.99. The van der Waals surface area contributed by atoms with Crippen LogP contribution in [0.15, 0.2) is 6.33 Å². The number of aromatic nitrogens is 2. The molecule has 1 aliphatic carbocycles. The Morgan fingerprint density at radius 1 is 1.73 bits per heavy atom. The van der Waals surface area contributed by atoms with Gasteiger partial charge in [0, 0.05) is 5.69 Å². The Hall–Kier alpha value is -0.830. The van der Waals surface area contributed by atoms with Crippen molar-refractivity contribution in [3.63, 3.8) is 0 Å². The van der Waals surface area contributed by atoms with Gasteiger partial charge in [-0.2, -0.15) is 0 Å². The molecule has 0 aliphatic heterocycles. The zero-order valence-corrected chi connectivity index (χ0v) is 6.72. The van der Waals surface area contributed by atoms with E-state index in [-0.39, 0.29) is 0 Å². The number of aromatic amines is 1. The van der Waals surface area contributed by atoms with Gasteiger partial charge in [-0.15, -0.1) is 0 Å². The molecule has 0 saturated heterocycles. The van der Waals surface area contributed by atoms with Gasteiger partial charge in [-0.3, -0.25) is 0 Å². The Morgan fingerprint density at radius 3 is 3.45 bits per heavy atom. The number of hydrogen-bond donors (Lipinski definition) is 2. The number of rotatable bonds is 1. The Morgan fingerprint density at radius 2 is 2.64 bits per heavy atom. The molecule has 11 heavy (non-hydrogen) atoms. The van der Waals surface area contributed by atoms with Crippen molar-refractivity contribution in [2.24, 2.45) is 0 Å². The van der Waals surface area contributed by atoms with Crippen LogP contribution in [0.1, 0.15) is 30.3 Å². The Balaban J connectivity index is 2.32. The summed E-state index contributed by atoms with van der Waals surface area (Å²) in [5.74, 6) is 0. The fraction of sp³-hybridized carbons (Fsp3) is 0.625. The molecule has 3 nitrogen and oxygen atoms in total. The zero-order valence-electron chi connectivity index (χ0n) is 6.72. The van der Waals surface area contributed by atoms with Gasteiger partial charge < -0.3 is 10.3 Å². The molecule has 0 spiro atoms. The summed E-state index contributed by atoms with van der Waals surface area (Å²) in [6.07, 6.45) is 5.43. The van der Waals surface area contributed by atoms with Crippen LogP contribution < -0.4 is 5.32 Å². The van der Waals surface area contributed by atoms with Crippen LogP contribution in [0, 0.1) is 0 Å². The molecule has 3 heteroatoms. The van der Waals surface area contributed by atoms with Gasteiger partial charge in [-0.05, 0) is 26.3 Å². The van der Waals surface area contributed by atoms with Gasteiger partial charge in [0.1, 0.15) is 0 Å². The average molecular weight is 151 g/mol. The Labute approximate surface area is 66.2 Å². The zero-order chi connectivity index (χ0) is 7.68. The molecule has 1 aliphatic rings. The van der Waals surface area contributed by atoms with E-state index < -0.39 is 0 Å². The second kappa shape index (κ2) is 2.66. The lowest BCUT2D eigenvalue weighted by Crippen LogP contribution is -2.21. The number of nitrogens with zero attached hydrogens (tertiary/aromatic N) is 1. The van der Waals surface area contributed by atoms with E-state index in [0.29, 0.717) is 6.04 Å². The van der Waals surface area contributed by atoms with Crippen molar-refractivity contribution in [2.75, 3.05) is 7.05 Å². The molecule has 1 heterocycles. The molecule has 1 unspecified atom stereocenters. The third-order valence-corrected chi connectivity index (χ3v) is 2.35.